The third kappa shape index (κ3) is 6.72. The van der Waals surface area contributed by atoms with Gasteiger partial charge in [-0.2, -0.15) is 0 Å². The maximum atomic E-state index is 10.9. The first kappa shape index (κ1) is 23.2. The molecule has 0 aliphatic heterocycles. The molecule has 2 amide bonds. The lowest BCUT2D eigenvalue weighted by Crippen LogP contribution is -2.15. The standard InChI is InChI=1S/C11H18N2O2.C7H9N3O2S/c1-9-8-10(2-3-11(9)12)13-4-6-15-7-5-14;1-2-3(5(8)11)7(10)13-4(2)6(9)12/h2-3,8,13-14H,4-7,12H2,1H3;10H2,1H3,(H2,8,11)(H2,9,12). The average Bonchev–Trinajstić information content (AvgIpc) is 2.93. The minimum Gasteiger partial charge on any atom is -0.399 e. The Hall–Kier alpha value is -2.82. The Balaban J connectivity index is 0.000000283. The fourth-order valence-corrected chi connectivity index (χ4v) is 3.23. The van der Waals surface area contributed by atoms with Crippen LogP contribution in [0.15, 0.2) is 18.2 Å². The van der Waals surface area contributed by atoms with E-state index >= 15 is 0 Å². The Labute approximate surface area is 167 Å². The summed E-state index contributed by atoms with van der Waals surface area (Å²) in [6.07, 6.45) is 0. The van der Waals surface area contributed by atoms with Crippen LogP contribution in [-0.2, 0) is 4.74 Å². The number of aliphatic hydroxyl groups is 1. The van der Waals surface area contributed by atoms with Crippen LogP contribution in [0.2, 0.25) is 0 Å². The largest absolute Gasteiger partial charge is 0.399 e. The first-order valence-corrected chi connectivity index (χ1v) is 9.27. The van der Waals surface area contributed by atoms with E-state index in [4.69, 9.17) is 32.8 Å². The van der Waals surface area contributed by atoms with Crippen LogP contribution in [0.5, 0.6) is 0 Å². The van der Waals surface area contributed by atoms with Crippen molar-refractivity contribution in [3.8, 4) is 0 Å². The van der Waals surface area contributed by atoms with Gasteiger partial charge >= 0.3 is 0 Å². The number of benzene rings is 1. The molecule has 0 bridgehead atoms. The highest BCUT2D eigenvalue weighted by molar-refractivity contribution is 7.18. The summed E-state index contributed by atoms with van der Waals surface area (Å²) in [4.78, 5) is 22.0. The van der Waals surface area contributed by atoms with Crippen molar-refractivity contribution in [3.05, 3.63) is 39.8 Å². The van der Waals surface area contributed by atoms with Gasteiger partial charge in [-0.1, -0.05) is 0 Å². The van der Waals surface area contributed by atoms with E-state index in [1.165, 1.54) is 0 Å². The van der Waals surface area contributed by atoms with Crippen LogP contribution in [0.1, 0.15) is 31.2 Å². The number of nitrogen functional groups attached to an aromatic ring is 2. The van der Waals surface area contributed by atoms with Crippen LogP contribution >= 0.6 is 11.3 Å². The van der Waals surface area contributed by atoms with Gasteiger partial charge in [0.2, 0.25) is 0 Å². The highest BCUT2D eigenvalue weighted by Crippen LogP contribution is 2.29. The topological polar surface area (TPSA) is 180 Å². The van der Waals surface area contributed by atoms with Crippen molar-refractivity contribution in [2.75, 3.05) is 43.1 Å². The molecule has 0 radical (unpaired) electrons. The maximum Gasteiger partial charge on any atom is 0.259 e. The van der Waals surface area contributed by atoms with E-state index in [0.29, 0.717) is 18.8 Å². The Morgan fingerprint density at radius 2 is 1.82 bits per heavy atom. The summed E-state index contributed by atoms with van der Waals surface area (Å²) in [6, 6.07) is 5.82. The summed E-state index contributed by atoms with van der Waals surface area (Å²) in [5, 5.41) is 11.9. The number of hydrogen-bond acceptors (Lipinski definition) is 8. The summed E-state index contributed by atoms with van der Waals surface area (Å²) in [6.45, 7) is 5.34. The van der Waals surface area contributed by atoms with Crippen LogP contribution in [0.3, 0.4) is 0 Å². The second-order valence-electron chi connectivity index (χ2n) is 5.86. The number of nitrogens with two attached hydrogens (primary N) is 4. The molecule has 0 fully saturated rings. The number of carbonyl (C=O) groups is 2. The Morgan fingerprint density at radius 3 is 2.29 bits per heavy atom. The molecular weight excluding hydrogens is 382 g/mol. The Morgan fingerprint density at radius 1 is 1.14 bits per heavy atom. The van der Waals surface area contributed by atoms with E-state index in [1.54, 1.807) is 6.92 Å². The van der Waals surface area contributed by atoms with E-state index in [0.717, 1.165) is 34.8 Å². The van der Waals surface area contributed by atoms with E-state index in [-0.39, 0.29) is 22.0 Å². The lowest BCUT2D eigenvalue weighted by atomic mass is 10.1. The number of carbonyl (C=O) groups excluding carboxylic acids is 2. The second-order valence-corrected chi connectivity index (χ2v) is 6.91. The van der Waals surface area contributed by atoms with Crippen molar-refractivity contribution in [2.45, 2.75) is 13.8 Å². The lowest BCUT2D eigenvalue weighted by Gasteiger charge is -2.08. The number of hydrogen-bond donors (Lipinski definition) is 6. The molecule has 0 aliphatic rings. The zero-order chi connectivity index (χ0) is 21.3. The van der Waals surface area contributed by atoms with Crippen molar-refractivity contribution in [3.63, 3.8) is 0 Å². The Kier molecular flexibility index (Phi) is 9.22. The number of aliphatic hydroxyl groups excluding tert-OH is 1. The number of aryl methyl sites for hydroxylation is 1. The molecule has 0 saturated heterocycles. The van der Waals surface area contributed by atoms with Gasteiger partial charge in [0.1, 0.15) is 0 Å². The van der Waals surface area contributed by atoms with E-state index in [9.17, 15) is 9.59 Å². The van der Waals surface area contributed by atoms with Gasteiger partial charge in [-0.3, -0.25) is 9.59 Å². The van der Waals surface area contributed by atoms with Gasteiger partial charge in [-0.15, -0.1) is 11.3 Å². The summed E-state index contributed by atoms with van der Waals surface area (Å²) in [5.74, 6) is -1.24. The van der Waals surface area contributed by atoms with Crippen molar-refractivity contribution < 1.29 is 19.4 Å². The van der Waals surface area contributed by atoms with Gasteiger partial charge in [0.05, 0.1) is 35.3 Å². The van der Waals surface area contributed by atoms with E-state index in [1.807, 2.05) is 25.1 Å². The van der Waals surface area contributed by atoms with Crippen LogP contribution < -0.4 is 28.3 Å². The molecule has 154 valence electrons. The molecule has 1 aromatic carbocycles. The summed E-state index contributed by atoms with van der Waals surface area (Å²) >= 11 is 0.980. The molecule has 1 aromatic heterocycles. The van der Waals surface area contributed by atoms with Crippen LogP contribution in [0.25, 0.3) is 0 Å². The minimum absolute atomic E-state index is 0.0704. The first-order chi connectivity index (χ1) is 13.2. The zero-order valence-electron chi connectivity index (χ0n) is 16.0. The normalized spacial score (nSPS) is 10.1. The van der Waals surface area contributed by atoms with Crippen LogP contribution in [0, 0.1) is 13.8 Å². The molecule has 28 heavy (non-hydrogen) atoms. The number of primary amides is 2. The van der Waals surface area contributed by atoms with Crippen LogP contribution in [0.4, 0.5) is 16.4 Å². The van der Waals surface area contributed by atoms with E-state index < -0.39 is 11.8 Å². The maximum absolute atomic E-state index is 10.9. The molecule has 2 rings (SSSR count). The molecule has 0 unspecified atom stereocenters. The number of rotatable bonds is 8. The van der Waals surface area contributed by atoms with E-state index in [2.05, 4.69) is 5.32 Å². The molecule has 10 N–H and O–H groups in total. The lowest BCUT2D eigenvalue weighted by molar-refractivity contribution is 0.0992. The first-order valence-electron chi connectivity index (χ1n) is 8.46. The van der Waals surface area contributed by atoms with Crippen molar-refractivity contribution in [1.29, 1.82) is 0 Å². The van der Waals surface area contributed by atoms with Crippen LogP contribution in [-0.4, -0.2) is 43.3 Å². The van der Waals surface area contributed by atoms with Gasteiger partial charge in [0.15, 0.2) is 0 Å². The van der Waals surface area contributed by atoms with Crippen molar-refractivity contribution >= 4 is 39.5 Å². The molecule has 9 nitrogen and oxygen atoms in total. The minimum atomic E-state index is -0.640. The molecular formula is C18H27N5O4S. The fourth-order valence-electron chi connectivity index (χ4n) is 2.30. The molecule has 0 saturated carbocycles. The molecule has 10 heteroatoms. The van der Waals surface area contributed by atoms with Gasteiger partial charge in [0.25, 0.3) is 11.8 Å². The number of nitrogens with one attached hydrogen (secondary N) is 1. The predicted molar refractivity (Wildman–Crippen MR) is 112 cm³/mol. The third-order valence-corrected chi connectivity index (χ3v) is 4.86. The van der Waals surface area contributed by atoms with Gasteiger partial charge in [-0.05, 0) is 43.2 Å². The Bertz CT molecular complexity index is 823. The summed E-state index contributed by atoms with van der Waals surface area (Å²) in [5.41, 5.74) is 24.9. The average molecular weight is 410 g/mol. The highest BCUT2D eigenvalue weighted by atomic mass is 32.1. The summed E-state index contributed by atoms with van der Waals surface area (Å²) < 4.78 is 5.12. The zero-order valence-corrected chi connectivity index (χ0v) is 16.8. The number of anilines is 3. The monoisotopic (exact) mass is 409 g/mol. The molecule has 2 aromatic rings. The molecule has 0 aliphatic carbocycles. The van der Waals surface area contributed by atoms with Gasteiger partial charge in [0, 0.05) is 17.9 Å². The number of amides is 2. The SMILES string of the molecule is Cc1c(C(N)=O)sc(N)c1C(N)=O.Cc1cc(NCCOCCO)ccc1N. The third-order valence-electron chi connectivity index (χ3n) is 3.73. The second kappa shape index (κ2) is 11.1. The molecule has 1 heterocycles. The summed E-state index contributed by atoms with van der Waals surface area (Å²) in [7, 11) is 0. The number of thiophene rings is 1. The van der Waals surface area contributed by atoms with Gasteiger partial charge < -0.3 is 38.1 Å². The highest BCUT2D eigenvalue weighted by Gasteiger charge is 2.19. The number of ether oxygens (including phenoxy) is 1. The molecule has 0 atom stereocenters. The van der Waals surface area contributed by atoms with Gasteiger partial charge in [-0.25, -0.2) is 0 Å². The molecule has 0 spiro atoms. The quantitative estimate of drug-likeness (QED) is 0.276. The van der Waals surface area contributed by atoms with Crippen molar-refractivity contribution in [1.82, 2.24) is 0 Å². The fraction of sp³-hybridized carbons (Fsp3) is 0.333. The van der Waals surface area contributed by atoms with Crippen molar-refractivity contribution in [2.24, 2.45) is 11.5 Å². The predicted octanol–water partition coefficient (Wildman–Crippen LogP) is 0.835. The smallest absolute Gasteiger partial charge is 0.259 e.